The van der Waals surface area contributed by atoms with E-state index in [9.17, 15) is 8.42 Å². The Morgan fingerprint density at radius 1 is 0.810 bits per heavy atom. The molecule has 2 aromatic rings. The Morgan fingerprint density at radius 3 is 1.57 bits per heavy atom. The van der Waals surface area contributed by atoms with Crippen molar-refractivity contribution in [3.8, 4) is 0 Å². The smallest absolute Gasteiger partial charge is 0.209 e. The molecular formula is C14H12O2S5. The van der Waals surface area contributed by atoms with Crippen LogP contribution in [0.4, 0.5) is 0 Å². The zero-order valence-electron chi connectivity index (χ0n) is 11.3. The monoisotopic (exact) mass is 372 g/mol. The van der Waals surface area contributed by atoms with E-state index in [1.165, 1.54) is 22.7 Å². The molecule has 0 aromatic carbocycles. The predicted molar refractivity (Wildman–Crippen MR) is 97.1 cm³/mol. The van der Waals surface area contributed by atoms with Crippen LogP contribution in [-0.2, 0) is 9.84 Å². The molecular weight excluding hydrogens is 360 g/mol. The first-order valence-electron chi connectivity index (χ1n) is 6.01. The van der Waals surface area contributed by atoms with Crippen molar-refractivity contribution in [3.63, 3.8) is 0 Å². The largest absolute Gasteiger partial charge is 0.218 e. The quantitative estimate of drug-likeness (QED) is 0.702. The van der Waals surface area contributed by atoms with E-state index in [-0.39, 0.29) is 0 Å². The normalized spacial score (nSPS) is 16.9. The van der Waals surface area contributed by atoms with Crippen molar-refractivity contribution in [2.24, 2.45) is 0 Å². The predicted octanol–water partition coefficient (Wildman–Crippen LogP) is 5.06. The lowest BCUT2D eigenvalue weighted by Crippen LogP contribution is -1.99. The number of hydrogen-bond donors (Lipinski definition) is 0. The molecule has 0 radical (unpaired) electrons. The summed E-state index contributed by atoms with van der Waals surface area (Å²) in [5.41, 5.74) is 0. The van der Waals surface area contributed by atoms with Gasteiger partial charge >= 0.3 is 0 Å². The first-order chi connectivity index (χ1) is 10.1. The van der Waals surface area contributed by atoms with Crippen molar-refractivity contribution in [1.29, 1.82) is 0 Å². The average Bonchev–Trinajstić information content (AvgIpc) is 3.15. The van der Waals surface area contributed by atoms with Crippen LogP contribution in [0.2, 0.25) is 0 Å². The molecule has 0 bridgehead atoms. The molecule has 2 nitrogen and oxygen atoms in total. The van der Waals surface area contributed by atoms with E-state index in [1.54, 1.807) is 35.7 Å². The van der Waals surface area contributed by atoms with E-state index in [4.69, 9.17) is 0 Å². The second-order valence-corrected chi connectivity index (χ2v) is 10.5. The van der Waals surface area contributed by atoms with Crippen molar-refractivity contribution >= 4 is 65.8 Å². The molecule has 7 heteroatoms. The summed E-state index contributed by atoms with van der Waals surface area (Å²) in [5, 5.41) is 0. The van der Waals surface area contributed by atoms with Crippen LogP contribution in [0, 0.1) is 0 Å². The molecule has 0 amide bonds. The van der Waals surface area contributed by atoms with Crippen LogP contribution in [0.3, 0.4) is 0 Å². The summed E-state index contributed by atoms with van der Waals surface area (Å²) >= 11 is 6.30. The average molecular weight is 373 g/mol. The Hall–Kier alpha value is -0.470. The van der Waals surface area contributed by atoms with Crippen LogP contribution in [0.25, 0.3) is 9.81 Å². The van der Waals surface area contributed by atoms with Crippen molar-refractivity contribution in [1.82, 2.24) is 0 Å². The van der Waals surface area contributed by atoms with Crippen LogP contribution < -0.4 is 0 Å². The summed E-state index contributed by atoms with van der Waals surface area (Å²) in [5.74, 6) is 0. The lowest BCUT2D eigenvalue weighted by molar-refractivity contribution is 0.615. The Bertz CT molecular complexity index is 772. The van der Waals surface area contributed by atoms with Gasteiger partial charge in [0.15, 0.2) is 0 Å². The van der Waals surface area contributed by atoms with Gasteiger partial charge in [-0.1, -0.05) is 0 Å². The van der Waals surface area contributed by atoms with Gasteiger partial charge in [0.2, 0.25) is 9.84 Å². The fourth-order valence-electron chi connectivity index (χ4n) is 2.00. The number of sulfone groups is 1. The Labute approximate surface area is 140 Å². The van der Waals surface area contributed by atoms with E-state index in [2.05, 4.69) is 0 Å². The topological polar surface area (TPSA) is 34.1 Å². The highest BCUT2D eigenvalue weighted by molar-refractivity contribution is 8.10. The standard InChI is InChI=1S/C14H12O2S5/c1-17-13-7-3-9(19-13)11-5-6-12(21(11,15)16)10-4-8-14(18-2)20-10/h3-8H,1-2H3. The second-order valence-electron chi connectivity index (χ2n) is 4.21. The maximum atomic E-state index is 12.8. The maximum Gasteiger partial charge on any atom is 0.209 e. The van der Waals surface area contributed by atoms with Gasteiger partial charge < -0.3 is 0 Å². The molecule has 0 spiro atoms. The molecule has 1 aliphatic heterocycles. The van der Waals surface area contributed by atoms with Gasteiger partial charge in [-0.15, -0.1) is 46.2 Å². The zero-order valence-corrected chi connectivity index (χ0v) is 15.4. The third kappa shape index (κ3) is 2.77. The van der Waals surface area contributed by atoms with Crippen LogP contribution in [0.1, 0.15) is 9.75 Å². The van der Waals surface area contributed by atoms with Gasteiger partial charge in [0.05, 0.1) is 18.2 Å². The van der Waals surface area contributed by atoms with Gasteiger partial charge in [0.1, 0.15) is 0 Å². The zero-order chi connectivity index (χ0) is 15.0. The number of hydrogen-bond acceptors (Lipinski definition) is 6. The number of thioether (sulfide) groups is 2. The van der Waals surface area contributed by atoms with Gasteiger partial charge in [-0.3, -0.25) is 0 Å². The summed E-state index contributed by atoms with van der Waals surface area (Å²) in [7, 11) is -3.40. The molecule has 0 unspecified atom stereocenters. The first-order valence-corrected chi connectivity index (χ1v) is 11.6. The fraction of sp³-hybridized carbons (Fsp3) is 0.143. The molecule has 1 aliphatic rings. The lowest BCUT2D eigenvalue weighted by Gasteiger charge is -2.04. The first kappa shape index (κ1) is 15.4. The SMILES string of the molecule is CSc1ccc(C2=CC=C(c3ccc(SC)s3)S2(=O)=O)s1. The van der Waals surface area contributed by atoms with E-state index in [0.717, 1.165) is 18.2 Å². The second kappa shape index (κ2) is 5.96. The van der Waals surface area contributed by atoms with Crippen LogP contribution in [0.5, 0.6) is 0 Å². The highest BCUT2D eigenvalue weighted by Gasteiger charge is 2.31. The summed E-state index contributed by atoms with van der Waals surface area (Å²) in [4.78, 5) is 2.46. The van der Waals surface area contributed by atoms with Crippen molar-refractivity contribution in [2.45, 2.75) is 8.42 Å². The van der Waals surface area contributed by atoms with Gasteiger partial charge in [-0.2, -0.15) is 0 Å². The van der Waals surface area contributed by atoms with E-state index >= 15 is 0 Å². The van der Waals surface area contributed by atoms with Gasteiger partial charge in [-0.25, -0.2) is 8.42 Å². The van der Waals surface area contributed by atoms with E-state index in [1.807, 2.05) is 36.8 Å². The molecule has 0 aliphatic carbocycles. The van der Waals surface area contributed by atoms with Crippen LogP contribution in [0.15, 0.2) is 44.8 Å². The Kier molecular flexibility index (Phi) is 4.38. The van der Waals surface area contributed by atoms with Crippen LogP contribution in [-0.4, -0.2) is 20.9 Å². The molecule has 0 fully saturated rings. The van der Waals surface area contributed by atoms with Gasteiger partial charge in [-0.05, 0) is 48.9 Å². The third-order valence-electron chi connectivity index (χ3n) is 3.02. The van der Waals surface area contributed by atoms with Crippen molar-refractivity contribution < 1.29 is 8.42 Å². The number of thiophene rings is 2. The molecule has 110 valence electrons. The van der Waals surface area contributed by atoms with Gasteiger partial charge in [0.25, 0.3) is 0 Å². The summed E-state index contributed by atoms with van der Waals surface area (Å²) in [6, 6.07) is 7.71. The van der Waals surface area contributed by atoms with Crippen molar-refractivity contribution in [2.75, 3.05) is 12.5 Å². The summed E-state index contributed by atoms with van der Waals surface area (Å²) < 4.78 is 27.7. The molecule has 21 heavy (non-hydrogen) atoms. The highest BCUT2D eigenvalue weighted by Crippen LogP contribution is 2.43. The summed E-state index contributed by atoms with van der Waals surface area (Å²) in [6.45, 7) is 0. The number of allylic oxidation sites excluding steroid dienone is 2. The summed E-state index contributed by atoms with van der Waals surface area (Å²) in [6.07, 6.45) is 7.43. The van der Waals surface area contributed by atoms with E-state index < -0.39 is 9.84 Å². The molecule has 3 heterocycles. The van der Waals surface area contributed by atoms with Crippen LogP contribution >= 0.6 is 46.2 Å². The minimum absolute atomic E-state index is 0.418. The molecule has 3 rings (SSSR count). The van der Waals surface area contributed by atoms with Crippen molar-refractivity contribution in [3.05, 3.63) is 46.2 Å². The van der Waals surface area contributed by atoms with E-state index in [0.29, 0.717) is 9.81 Å². The lowest BCUT2D eigenvalue weighted by atomic mass is 10.3. The molecule has 0 saturated heterocycles. The molecule has 0 saturated carbocycles. The number of rotatable bonds is 4. The molecule has 0 atom stereocenters. The fourth-order valence-corrected chi connectivity index (χ4v) is 7.24. The van der Waals surface area contributed by atoms with Gasteiger partial charge in [0, 0.05) is 9.75 Å². The minimum atomic E-state index is -3.40. The highest BCUT2D eigenvalue weighted by atomic mass is 32.2. The molecule has 2 aromatic heterocycles. The minimum Gasteiger partial charge on any atom is -0.218 e. The third-order valence-corrected chi connectivity index (χ3v) is 9.55. The Morgan fingerprint density at radius 2 is 1.24 bits per heavy atom. The maximum absolute atomic E-state index is 12.8. The molecule has 0 N–H and O–H groups in total. The Balaban J connectivity index is 1.96.